The summed E-state index contributed by atoms with van der Waals surface area (Å²) in [6.45, 7) is 0.713. The van der Waals surface area contributed by atoms with Crippen molar-refractivity contribution < 1.29 is 24.2 Å². The molecular formula is C27H22N4O5. The lowest BCUT2D eigenvalue weighted by Gasteiger charge is -2.30. The van der Waals surface area contributed by atoms with Crippen LogP contribution in [0.15, 0.2) is 66.7 Å². The molecule has 3 aromatic carbocycles. The number of likely N-dealkylation sites (tertiary alicyclic amines) is 1. The Morgan fingerprint density at radius 2 is 1.28 bits per heavy atom. The van der Waals surface area contributed by atoms with Crippen molar-refractivity contribution in [2.75, 3.05) is 13.1 Å². The number of piperidine rings is 1. The molecule has 0 atom stereocenters. The number of ether oxygens (including phenoxy) is 2. The van der Waals surface area contributed by atoms with Gasteiger partial charge < -0.3 is 24.8 Å². The molecule has 1 saturated heterocycles. The van der Waals surface area contributed by atoms with Crippen LogP contribution in [0.4, 0.5) is 4.79 Å². The first kappa shape index (κ1) is 24.1. The second kappa shape index (κ2) is 10.9. The van der Waals surface area contributed by atoms with Crippen molar-refractivity contribution in [3.05, 3.63) is 83.4 Å². The fourth-order valence-electron chi connectivity index (χ4n) is 3.77. The largest absolute Gasteiger partial charge is 0.465 e. The highest BCUT2D eigenvalue weighted by molar-refractivity contribution is 5.95. The summed E-state index contributed by atoms with van der Waals surface area (Å²) in [6, 6.07) is 21.9. The van der Waals surface area contributed by atoms with E-state index < -0.39 is 6.09 Å². The lowest BCUT2D eigenvalue weighted by Crippen LogP contribution is -2.46. The zero-order chi connectivity index (χ0) is 25.5. The Balaban J connectivity index is 1.55. The number of benzene rings is 3. The topological polar surface area (TPSA) is 136 Å². The Hall–Kier alpha value is -5.02. The lowest BCUT2D eigenvalue weighted by molar-refractivity contribution is 0.0906. The number of nitriles is 2. The number of carbonyl (C=O) groups excluding carboxylic acids is 1. The average Bonchev–Trinajstić information content (AvgIpc) is 2.89. The molecule has 1 aliphatic heterocycles. The summed E-state index contributed by atoms with van der Waals surface area (Å²) < 4.78 is 11.9. The van der Waals surface area contributed by atoms with Crippen molar-refractivity contribution in [3.8, 4) is 35.1 Å². The quantitative estimate of drug-likeness (QED) is 0.511. The lowest BCUT2D eigenvalue weighted by atomic mass is 10.0. The number of hydrogen-bond donors (Lipinski definition) is 2. The molecule has 9 nitrogen and oxygen atoms in total. The number of carboxylic acid groups (broad SMARTS) is 1. The van der Waals surface area contributed by atoms with Crippen molar-refractivity contribution in [3.63, 3.8) is 0 Å². The third kappa shape index (κ3) is 6.10. The van der Waals surface area contributed by atoms with Crippen LogP contribution in [0.1, 0.15) is 34.3 Å². The van der Waals surface area contributed by atoms with Gasteiger partial charge in [0, 0.05) is 30.8 Å². The molecular weight excluding hydrogens is 460 g/mol. The second-order valence-corrected chi connectivity index (χ2v) is 8.19. The molecule has 4 rings (SSSR count). The summed E-state index contributed by atoms with van der Waals surface area (Å²) >= 11 is 0. The van der Waals surface area contributed by atoms with Gasteiger partial charge in [0.2, 0.25) is 0 Å². The van der Waals surface area contributed by atoms with E-state index in [4.69, 9.17) is 25.1 Å². The molecule has 0 aromatic heterocycles. The summed E-state index contributed by atoms with van der Waals surface area (Å²) in [5, 5.41) is 30.1. The van der Waals surface area contributed by atoms with Gasteiger partial charge in [0.25, 0.3) is 5.91 Å². The third-order valence-electron chi connectivity index (χ3n) is 5.68. The highest BCUT2D eigenvalue weighted by atomic mass is 16.5. The third-order valence-corrected chi connectivity index (χ3v) is 5.68. The molecule has 1 fully saturated rings. The Bertz CT molecular complexity index is 1250. The highest BCUT2D eigenvalue weighted by Gasteiger charge is 2.24. The Labute approximate surface area is 207 Å². The molecule has 0 unspecified atom stereocenters. The van der Waals surface area contributed by atoms with E-state index in [1.807, 2.05) is 0 Å². The van der Waals surface area contributed by atoms with E-state index in [-0.39, 0.29) is 11.9 Å². The van der Waals surface area contributed by atoms with E-state index >= 15 is 0 Å². The molecule has 1 aliphatic rings. The maximum absolute atomic E-state index is 13.1. The normalized spacial score (nSPS) is 13.2. The average molecular weight is 482 g/mol. The fraction of sp³-hybridized carbons (Fsp3) is 0.185. The maximum Gasteiger partial charge on any atom is 0.407 e. The SMILES string of the molecule is N#Cc1ccc(Oc2cc(Oc3ccc(C#N)cc3)cc(C(=O)NC3CCN(C(=O)O)CC3)c2)cc1. The molecule has 0 radical (unpaired) electrons. The van der Waals surface area contributed by atoms with Crippen LogP contribution in [0, 0.1) is 22.7 Å². The predicted molar refractivity (Wildman–Crippen MR) is 129 cm³/mol. The van der Waals surface area contributed by atoms with Crippen LogP contribution in [-0.2, 0) is 0 Å². The zero-order valence-corrected chi connectivity index (χ0v) is 19.2. The summed E-state index contributed by atoms with van der Waals surface area (Å²) in [5.74, 6) is 1.35. The van der Waals surface area contributed by atoms with E-state index in [2.05, 4.69) is 17.5 Å². The Kier molecular flexibility index (Phi) is 7.33. The smallest absolute Gasteiger partial charge is 0.407 e. The molecule has 2 N–H and O–H groups in total. The highest BCUT2D eigenvalue weighted by Crippen LogP contribution is 2.31. The van der Waals surface area contributed by atoms with Crippen molar-refractivity contribution in [2.45, 2.75) is 18.9 Å². The summed E-state index contributed by atoms with van der Waals surface area (Å²) in [7, 11) is 0. The van der Waals surface area contributed by atoms with Crippen LogP contribution in [0.5, 0.6) is 23.0 Å². The van der Waals surface area contributed by atoms with Gasteiger partial charge in [-0.05, 0) is 73.5 Å². The standard InChI is InChI=1S/C27H22N4O5/c28-16-18-1-5-22(6-2-18)35-24-13-20(26(32)30-21-9-11-31(12-10-21)27(33)34)14-25(15-24)36-23-7-3-19(17-29)4-8-23/h1-8,13-15,21H,9-12H2,(H,30,32)(H,33,34). The van der Waals surface area contributed by atoms with Crippen LogP contribution in [-0.4, -0.2) is 41.1 Å². The molecule has 9 heteroatoms. The fourth-order valence-corrected chi connectivity index (χ4v) is 3.77. The first-order valence-electron chi connectivity index (χ1n) is 11.2. The van der Waals surface area contributed by atoms with E-state index in [0.29, 0.717) is 65.6 Å². The van der Waals surface area contributed by atoms with E-state index in [9.17, 15) is 9.59 Å². The van der Waals surface area contributed by atoms with Crippen molar-refractivity contribution in [1.82, 2.24) is 10.2 Å². The van der Waals surface area contributed by atoms with Crippen LogP contribution in [0.25, 0.3) is 0 Å². The van der Waals surface area contributed by atoms with Gasteiger partial charge in [-0.3, -0.25) is 4.79 Å². The number of nitrogens with one attached hydrogen (secondary N) is 1. The van der Waals surface area contributed by atoms with E-state index in [0.717, 1.165) is 0 Å². The minimum absolute atomic E-state index is 0.154. The van der Waals surface area contributed by atoms with Gasteiger partial charge in [-0.15, -0.1) is 0 Å². The van der Waals surface area contributed by atoms with Gasteiger partial charge in [-0.2, -0.15) is 10.5 Å². The van der Waals surface area contributed by atoms with Crippen LogP contribution < -0.4 is 14.8 Å². The maximum atomic E-state index is 13.1. The van der Waals surface area contributed by atoms with Gasteiger partial charge in [-0.25, -0.2) is 4.79 Å². The minimum atomic E-state index is -0.961. The van der Waals surface area contributed by atoms with Gasteiger partial charge in [0.15, 0.2) is 0 Å². The number of amides is 2. The van der Waals surface area contributed by atoms with Crippen molar-refractivity contribution in [1.29, 1.82) is 10.5 Å². The molecule has 2 amide bonds. The first-order valence-corrected chi connectivity index (χ1v) is 11.2. The summed E-state index contributed by atoms with van der Waals surface area (Å²) in [4.78, 5) is 25.5. The monoisotopic (exact) mass is 482 g/mol. The van der Waals surface area contributed by atoms with E-state index in [1.165, 1.54) is 4.90 Å². The zero-order valence-electron chi connectivity index (χ0n) is 19.2. The van der Waals surface area contributed by atoms with Gasteiger partial charge in [0.05, 0.1) is 23.3 Å². The first-order chi connectivity index (χ1) is 17.4. The molecule has 0 bridgehead atoms. The van der Waals surface area contributed by atoms with Crippen LogP contribution in [0.3, 0.4) is 0 Å². The number of rotatable bonds is 6. The second-order valence-electron chi connectivity index (χ2n) is 8.19. The Morgan fingerprint density at radius 1 is 0.806 bits per heavy atom. The van der Waals surface area contributed by atoms with Crippen molar-refractivity contribution in [2.24, 2.45) is 0 Å². The predicted octanol–water partition coefficient (Wildman–Crippen LogP) is 4.89. The molecule has 0 spiro atoms. The number of hydrogen-bond acceptors (Lipinski definition) is 6. The molecule has 36 heavy (non-hydrogen) atoms. The molecule has 0 saturated carbocycles. The Morgan fingerprint density at radius 3 is 1.69 bits per heavy atom. The van der Waals surface area contributed by atoms with Gasteiger partial charge in [-0.1, -0.05) is 0 Å². The van der Waals surface area contributed by atoms with Crippen molar-refractivity contribution >= 4 is 12.0 Å². The summed E-state index contributed by atoms with van der Waals surface area (Å²) in [6.07, 6.45) is 0.0827. The minimum Gasteiger partial charge on any atom is -0.465 e. The molecule has 1 heterocycles. The molecule has 180 valence electrons. The van der Waals surface area contributed by atoms with E-state index in [1.54, 1.807) is 66.7 Å². The summed E-state index contributed by atoms with van der Waals surface area (Å²) in [5.41, 5.74) is 1.30. The van der Waals surface area contributed by atoms with Crippen LogP contribution >= 0.6 is 0 Å². The van der Waals surface area contributed by atoms with Crippen LogP contribution in [0.2, 0.25) is 0 Å². The van der Waals surface area contributed by atoms with Gasteiger partial charge in [0.1, 0.15) is 23.0 Å². The molecule has 3 aromatic rings. The number of carbonyl (C=O) groups is 2. The van der Waals surface area contributed by atoms with Gasteiger partial charge >= 0.3 is 6.09 Å². The molecule has 0 aliphatic carbocycles. The number of nitrogens with zero attached hydrogens (tertiary/aromatic N) is 3.